The van der Waals surface area contributed by atoms with Crippen LogP contribution in [0.2, 0.25) is 0 Å². The lowest BCUT2D eigenvalue weighted by Crippen LogP contribution is -2.60. The monoisotopic (exact) mass is 798 g/mol. The molecule has 50 heavy (non-hydrogen) atoms. The molecular weight excluding hydrogens is 778 g/mol. The number of alkyl halides is 2. The van der Waals surface area contributed by atoms with Crippen LogP contribution in [0.25, 0.3) is 0 Å². The van der Waals surface area contributed by atoms with Crippen molar-refractivity contribution in [3.05, 3.63) is 98.8 Å². The second kappa shape index (κ2) is 11.8. The number of hydrogen-bond acceptors (Lipinski definition) is 6. The number of anilines is 1. The van der Waals surface area contributed by atoms with Gasteiger partial charge in [0.05, 0.1) is 30.0 Å². The highest BCUT2D eigenvalue weighted by molar-refractivity contribution is 9.10. The molecule has 2 aliphatic carbocycles. The van der Waals surface area contributed by atoms with Crippen molar-refractivity contribution in [3.63, 3.8) is 0 Å². The zero-order valence-electron chi connectivity index (χ0n) is 25.5. The Morgan fingerprint density at radius 1 is 0.900 bits per heavy atom. The number of aromatic hydroxyl groups is 1. The van der Waals surface area contributed by atoms with Gasteiger partial charge in [0.1, 0.15) is 5.69 Å². The Hall–Kier alpha value is -4.01. The van der Waals surface area contributed by atoms with E-state index in [1.165, 1.54) is 19.2 Å². The zero-order valence-corrected chi connectivity index (χ0v) is 28.6. The molecule has 6 atom stereocenters. The molecule has 260 valence electrons. The average Bonchev–Trinajstić information content (AvgIpc) is 3.42. The Bertz CT molecular complexity index is 2060. The van der Waals surface area contributed by atoms with Crippen LogP contribution in [-0.2, 0) is 25.7 Å². The number of carbonyl (C=O) groups is 4. The number of carbonyl (C=O) groups excluding carboxylic acids is 4. The fourth-order valence-electron chi connectivity index (χ4n) is 7.84. The van der Waals surface area contributed by atoms with E-state index in [0.29, 0.717) is 5.56 Å². The topological polar surface area (TPSA) is 104 Å². The molecule has 4 amide bonds. The van der Waals surface area contributed by atoms with E-state index in [-0.39, 0.29) is 45.0 Å². The summed E-state index contributed by atoms with van der Waals surface area (Å²) in [6.45, 7) is -0.0595. The number of allylic oxidation sites excluding steroid dienone is 2. The highest BCUT2D eigenvalue weighted by atomic mass is 79.9. The Morgan fingerprint density at radius 3 is 2.14 bits per heavy atom. The molecule has 8 nitrogen and oxygen atoms in total. The van der Waals surface area contributed by atoms with Crippen LogP contribution >= 0.6 is 39.1 Å². The molecule has 3 fully saturated rings. The predicted molar refractivity (Wildman–Crippen MR) is 171 cm³/mol. The van der Waals surface area contributed by atoms with Crippen molar-refractivity contribution in [2.75, 3.05) is 12.0 Å². The summed E-state index contributed by atoms with van der Waals surface area (Å²) in [7, 11) is 1.22. The number of imide groups is 2. The summed E-state index contributed by atoms with van der Waals surface area (Å²) < 4.78 is 78.7. The summed E-state index contributed by atoms with van der Waals surface area (Å²) in [5.74, 6) is -21.7. The van der Waals surface area contributed by atoms with E-state index in [1.54, 1.807) is 36.4 Å². The number of nitrogens with zero attached hydrogens (tertiary/aromatic N) is 2. The number of ether oxygens (including phenoxy) is 1. The second-order valence-electron chi connectivity index (χ2n) is 12.5. The Balaban J connectivity index is 1.43. The number of rotatable bonds is 5. The van der Waals surface area contributed by atoms with Crippen LogP contribution in [0, 0.1) is 46.8 Å². The van der Waals surface area contributed by atoms with Crippen molar-refractivity contribution in [1.82, 2.24) is 4.90 Å². The summed E-state index contributed by atoms with van der Waals surface area (Å²) in [6.07, 6.45) is 0.942. The minimum atomic E-state index is -2.71. The first-order chi connectivity index (χ1) is 23.6. The molecule has 2 aliphatic heterocycles. The number of methoxy groups -OCH3 is 1. The van der Waals surface area contributed by atoms with Gasteiger partial charge in [-0.15, -0.1) is 23.2 Å². The fraction of sp³-hybridized carbons (Fsp3) is 0.294. The minimum absolute atomic E-state index is 0.00893. The van der Waals surface area contributed by atoms with Crippen LogP contribution < -0.4 is 9.64 Å². The van der Waals surface area contributed by atoms with Gasteiger partial charge in [-0.1, -0.05) is 42.0 Å². The average molecular weight is 800 g/mol. The summed E-state index contributed by atoms with van der Waals surface area (Å²) >= 11 is 17.5. The largest absolute Gasteiger partial charge is 0.503 e. The number of amides is 4. The SMILES string of the molecule is COc1cc([C@H]2C3=CC[C@@H]4C(=O)N(Cc5ccccc5)C(=O)[C@@H]4[C@@H]3C[C@@]3(Cl)C(=O)N(c4c(F)c(F)c(F)c(F)c4F)C(=O)[C@@]23Cl)cc(Br)c1O. The van der Waals surface area contributed by atoms with Crippen molar-refractivity contribution in [2.24, 2.45) is 17.8 Å². The number of hydrogen-bond donors (Lipinski definition) is 1. The fourth-order valence-corrected chi connectivity index (χ4v) is 9.24. The first-order valence-corrected chi connectivity index (χ1v) is 16.6. The molecule has 0 bridgehead atoms. The molecule has 16 heteroatoms. The first-order valence-electron chi connectivity index (χ1n) is 15.0. The summed E-state index contributed by atoms with van der Waals surface area (Å²) in [4.78, 5) is 52.0. The molecular formula is C34H22BrCl2F5N2O6. The molecule has 2 saturated heterocycles. The molecule has 0 aromatic heterocycles. The van der Waals surface area contributed by atoms with Crippen molar-refractivity contribution in [3.8, 4) is 11.5 Å². The van der Waals surface area contributed by atoms with E-state index in [2.05, 4.69) is 15.9 Å². The van der Waals surface area contributed by atoms with Crippen molar-refractivity contribution < 1.29 is 51.0 Å². The van der Waals surface area contributed by atoms with Crippen molar-refractivity contribution >= 4 is 68.4 Å². The number of phenolic OH excluding ortho intramolecular Hbond substituents is 1. The number of phenols is 1. The van der Waals surface area contributed by atoms with Gasteiger partial charge in [-0.05, 0) is 57.9 Å². The van der Waals surface area contributed by atoms with E-state index in [4.69, 9.17) is 27.9 Å². The van der Waals surface area contributed by atoms with Crippen LogP contribution in [-0.4, -0.2) is 50.5 Å². The van der Waals surface area contributed by atoms with E-state index < -0.39 is 98.2 Å². The molecule has 2 heterocycles. The van der Waals surface area contributed by atoms with E-state index in [0.717, 1.165) is 4.90 Å². The van der Waals surface area contributed by atoms with Crippen LogP contribution in [0.1, 0.15) is 29.9 Å². The maximum absolute atomic E-state index is 15.2. The highest BCUT2D eigenvalue weighted by Gasteiger charge is 2.77. The lowest BCUT2D eigenvalue weighted by molar-refractivity contribution is -0.141. The lowest BCUT2D eigenvalue weighted by atomic mass is 9.56. The third-order valence-corrected chi connectivity index (χ3v) is 12.1. The third-order valence-electron chi connectivity index (χ3n) is 10.1. The lowest BCUT2D eigenvalue weighted by Gasteiger charge is -2.50. The maximum atomic E-state index is 15.2. The molecule has 0 radical (unpaired) electrons. The normalized spacial score (nSPS) is 28.9. The van der Waals surface area contributed by atoms with Gasteiger partial charge >= 0.3 is 0 Å². The van der Waals surface area contributed by atoms with Crippen LogP contribution in [0.5, 0.6) is 11.5 Å². The van der Waals surface area contributed by atoms with Crippen LogP contribution in [0.15, 0.2) is 58.6 Å². The number of benzene rings is 3. The van der Waals surface area contributed by atoms with Gasteiger partial charge in [0.2, 0.25) is 17.6 Å². The third kappa shape index (κ3) is 4.46. The number of fused-ring (bicyclic) bond motifs is 4. The molecule has 4 aliphatic rings. The number of likely N-dealkylation sites (tertiary alicyclic amines) is 1. The smallest absolute Gasteiger partial charge is 0.258 e. The van der Waals surface area contributed by atoms with Gasteiger partial charge in [-0.2, -0.15) is 0 Å². The van der Waals surface area contributed by atoms with Gasteiger partial charge in [0.25, 0.3) is 11.8 Å². The highest BCUT2D eigenvalue weighted by Crippen LogP contribution is 2.66. The van der Waals surface area contributed by atoms with Crippen molar-refractivity contribution in [1.29, 1.82) is 0 Å². The van der Waals surface area contributed by atoms with Gasteiger partial charge in [-0.25, -0.2) is 26.9 Å². The van der Waals surface area contributed by atoms with Gasteiger partial charge in [-0.3, -0.25) is 24.1 Å². The van der Waals surface area contributed by atoms with E-state index >= 15 is 8.78 Å². The van der Waals surface area contributed by atoms with Gasteiger partial charge < -0.3 is 9.84 Å². The van der Waals surface area contributed by atoms with Gasteiger partial charge in [0.15, 0.2) is 44.5 Å². The predicted octanol–water partition coefficient (Wildman–Crippen LogP) is 6.62. The van der Waals surface area contributed by atoms with Crippen LogP contribution in [0.4, 0.5) is 27.6 Å². The second-order valence-corrected chi connectivity index (χ2v) is 14.6. The molecule has 0 spiro atoms. The molecule has 0 unspecified atom stereocenters. The Labute approximate surface area is 298 Å². The first kappa shape index (κ1) is 34.4. The van der Waals surface area contributed by atoms with Gasteiger partial charge in [0, 0.05) is 5.92 Å². The van der Waals surface area contributed by atoms with E-state index in [9.17, 15) is 37.5 Å². The molecule has 1 saturated carbocycles. The zero-order chi connectivity index (χ0) is 36.2. The minimum Gasteiger partial charge on any atom is -0.503 e. The van der Waals surface area contributed by atoms with E-state index in [1.807, 2.05) is 0 Å². The maximum Gasteiger partial charge on any atom is 0.258 e. The standard InChI is InChI=1S/C34H22BrCl2F5N2O6/c1-50-19-10-14(9-18(35)28(19)45)21-15-7-8-16-20(30(47)43(29(16)46)12-13-5-3-2-4-6-13)17(15)11-33(36)31(48)44(32(49)34(21,33)37)27-25(41)23(39)22(38)24(40)26(27)42/h2-7,9-10,16-17,20-21,45H,8,11-12H2,1H3/t16-,17+,20-,21-,33+,34-/m0/s1. The molecule has 1 N–H and O–H groups in total. The number of halogens is 8. The quantitative estimate of drug-likeness (QED) is 0.0778. The molecule has 3 aromatic rings. The summed E-state index contributed by atoms with van der Waals surface area (Å²) in [5.41, 5.74) is -0.878. The summed E-state index contributed by atoms with van der Waals surface area (Å²) in [6, 6.07) is 11.3. The van der Waals surface area contributed by atoms with Crippen molar-refractivity contribution in [2.45, 2.75) is 35.1 Å². The molecule has 7 rings (SSSR count). The Morgan fingerprint density at radius 2 is 1.52 bits per heavy atom. The summed E-state index contributed by atoms with van der Waals surface area (Å²) in [5, 5.41) is 10.6. The van der Waals surface area contributed by atoms with Crippen LogP contribution in [0.3, 0.4) is 0 Å². The Kier molecular flexibility index (Phi) is 8.11. The molecule has 3 aromatic carbocycles.